The van der Waals surface area contributed by atoms with Gasteiger partial charge in [-0.05, 0) is 216 Å². The molecule has 1 unspecified atom stereocenters. The second kappa shape index (κ2) is 30.8. The monoisotopic (exact) mass is 1460 g/mol. The summed E-state index contributed by atoms with van der Waals surface area (Å²) in [6.07, 6.45) is 6.22. The molecule has 0 spiro atoms. The second-order valence-electron chi connectivity index (χ2n) is 29.0. The Kier molecular flexibility index (Phi) is 21.2. The fourth-order valence-corrected chi connectivity index (χ4v) is 15.1. The van der Waals surface area contributed by atoms with E-state index in [-0.39, 0.29) is 37.0 Å². The summed E-state index contributed by atoms with van der Waals surface area (Å²) in [7, 11) is 5.37. The molecule has 3 aromatic heterocycles. The zero-order valence-electron chi connectivity index (χ0n) is 61.8. The molecule has 3 atom stereocenters. The lowest BCUT2D eigenvalue weighted by molar-refractivity contribution is -0.138. The summed E-state index contributed by atoms with van der Waals surface area (Å²) < 4.78 is 50.9. The number of benzene rings is 9. The molecule has 21 heteroatoms. The number of fused-ring (bicyclic) bond motifs is 6. The van der Waals surface area contributed by atoms with Gasteiger partial charge >= 0.3 is 17.9 Å². The topological polar surface area (TPSA) is 226 Å². The fourth-order valence-electron chi connectivity index (χ4n) is 15.1. The van der Waals surface area contributed by atoms with E-state index in [4.69, 9.17) is 0 Å². The number of hydrogen-bond donors (Lipinski definition) is 3. The summed E-state index contributed by atoms with van der Waals surface area (Å²) in [5, 5.41) is 28.9. The van der Waals surface area contributed by atoms with Crippen LogP contribution in [0.2, 0.25) is 0 Å². The minimum absolute atomic E-state index is 0.0251. The molecule has 3 aliphatic rings. The molecule has 0 radical (unpaired) electrons. The highest BCUT2D eigenvalue weighted by Gasteiger charge is 2.32. The number of carbonyl (C=O) groups excluding carboxylic acids is 3. The van der Waals surface area contributed by atoms with Crippen LogP contribution in [0.15, 0.2) is 165 Å². The smallest absolute Gasteiger partial charge is 0.304 e. The molecule has 0 saturated heterocycles. The van der Waals surface area contributed by atoms with Crippen molar-refractivity contribution in [3.63, 3.8) is 0 Å². The molecule has 18 nitrogen and oxygen atoms in total. The number of aromatic nitrogens is 6. The Morgan fingerprint density at radius 1 is 0.352 bits per heavy atom. The maximum Gasteiger partial charge on any atom is 0.304 e. The van der Waals surface area contributed by atoms with Gasteiger partial charge in [-0.2, -0.15) is 0 Å². The summed E-state index contributed by atoms with van der Waals surface area (Å²) in [4.78, 5) is 93.4. The quantitative estimate of drug-likeness (QED) is 0.0871. The number of rotatable bonds is 15. The lowest BCUT2D eigenvalue weighted by Gasteiger charge is -2.30. The zero-order valence-corrected chi connectivity index (χ0v) is 61.8. The Labute approximate surface area is 623 Å². The Morgan fingerprint density at radius 3 is 0.870 bits per heavy atom. The molecule has 6 heterocycles. The van der Waals surface area contributed by atoms with E-state index in [2.05, 4.69) is 15.0 Å². The van der Waals surface area contributed by atoms with E-state index >= 15 is 13.2 Å². The first kappa shape index (κ1) is 74.3. The predicted octanol–water partition coefficient (Wildman–Crippen LogP) is 15.4. The molecular weight excluding hydrogens is 1370 g/mol. The van der Waals surface area contributed by atoms with Crippen LogP contribution in [-0.2, 0) is 74.4 Å². The van der Waals surface area contributed by atoms with Crippen LogP contribution < -0.4 is 0 Å². The number of hydrogen-bond acceptors (Lipinski definition) is 9. The average Bonchev–Trinajstić information content (AvgIpc) is 1.42. The van der Waals surface area contributed by atoms with Gasteiger partial charge in [0.15, 0.2) is 0 Å². The van der Waals surface area contributed by atoms with Crippen molar-refractivity contribution < 1.29 is 57.3 Å². The predicted molar refractivity (Wildman–Crippen MR) is 407 cm³/mol. The van der Waals surface area contributed by atoms with Crippen molar-refractivity contribution in [2.24, 2.45) is 21.1 Å². The maximum absolute atomic E-state index is 15.2. The third kappa shape index (κ3) is 15.6. The van der Waals surface area contributed by atoms with Gasteiger partial charge in [0.05, 0.1) is 71.3 Å². The number of carboxylic acids is 3. The summed E-state index contributed by atoms with van der Waals surface area (Å²) >= 11 is 0. The van der Waals surface area contributed by atoms with Crippen LogP contribution in [0.1, 0.15) is 168 Å². The lowest BCUT2D eigenvalue weighted by Crippen LogP contribution is -2.36. The summed E-state index contributed by atoms with van der Waals surface area (Å²) in [6, 6.07) is 43.8. The molecule has 552 valence electrons. The van der Waals surface area contributed by atoms with E-state index in [1.165, 1.54) is 18.2 Å². The van der Waals surface area contributed by atoms with E-state index < -0.39 is 53.1 Å². The zero-order chi connectivity index (χ0) is 76.7. The first-order valence-corrected chi connectivity index (χ1v) is 36.0. The van der Waals surface area contributed by atoms with Gasteiger partial charge in [-0.15, -0.1) is 0 Å². The van der Waals surface area contributed by atoms with Crippen LogP contribution in [0.3, 0.4) is 0 Å². The Bertz CT molecular complexity index is 5060. The second-order valence-corrected chi connectivity index (χ2v) is 29.0. The number of halogens is 3. The van der Waals surface area contributed by atoms with Crippen molar-refractivity contribution in [3.8, 4) is 0 Å². The van der Waals surface area contributed by atoms with Crippen molar-refractivity contribution in [1.29, 1.82) is 0 Å². The standard InChI is InChI=1S/3C29H28FN3O3/c3*1-17-4-5-21(10-18(17)2)29(36)33-9-8-19-6-7-20(11-22(19)15-33)23(13-28(34)35)24-12-26-27(14-25(24)30)32(3)16-31-26/h3*4-7,10-12,14,16,23H,8-9,13,15H2,1-3H3,(H,34,35)/t2*23-;/m10./s1. The van der Waals surface area contributed by atoms with E-state index in [0.717, 1.165) is 66.8 Å². The number of amides is 3. The fraction of sp³-hybridized carbons (Fsp3) is 0.276. The van der Waals surface area contributed by atoms with Crippen LogP contribution in [0.5, 0.6) is 0 Å². The van der Waals surface area contributed by atoms with Crippen LogP contribution in [0, 0.1) is 59.0 Å². The summed E-state index contributed by atoms with van der Waals surface area (Å²) in [6.45, 7) is 15.2. The van der Waals surface area contributed by atoms with Gasteiger partial charge in [0.25, 0.3) is 17.7 Å². The van der Waals surface area contributed by atoms with Gasteiger partial charge in [-0.3, -0.25) is 28.8 Å². The number of carboxylic acid groups (broad SMARTS) is 3. The molecule has 0 saturated carbocycles. The third-order valence-electron chi connectivity index (χ3n) is 21.9. The number of carbonyl (C=O) groups is 6. The van der Waals surface area contributed by atoms with E-state index in [0.29, 0.717) is 142 Å². The molecule has 3 N–H and O–H groups in total. The third-order valence-corrected chi connectivity index (χ3v) is 21.9. The van der Waals surface area contributed by atoms with E-state index in [1.807, 2.05) is 165 Å². The highest BCUT2D eigenvalue weighted by molar-refractivity contribution is 5.96. The number of imidazole rings is 3. The van der Waals surface area contributed by atoms with Crippen molar-refractivity contribution in [1.82, 2.24) is 43.4 Å². The van der Waals surface area contributed by atoms with Crippen molar-refractivity contribution >= 4 is 68.7 Å². The van der Waals surface area contributed by atoms with E-state index in [9.17, 15) is 44.1 Å². The van der Waals surface area contributed by atoms with Gasteiger partial charge in [0.2, 0.25) is 0 Å². The van der Waals surface area contributed by atoms with Crippen molar-refractivity contribution in [2.75, 3.05) is 19.6 Å². The van der Waals surface area contributed by atoms with Crippen molar-refractivity contribution in [3.05, 3.63) is 299 Å². The molecule has 9 aromatic carbocycles. The van der Waals surface area contributed by atoms with Crippen LogP contribution in [0.4, 0.5) is 13.2 Å². The number of nitrogens with zero attached hydrogens (tertiary/aromatic N) is 9. The normalized spacial score (nSPS) is 14.1. The highest BCUT2D eigenvalue weighted by Crippen LogP contribution is 2.39. The molecule has 3 amide bonds. The van der Waals surface area contributed by atoms with Crippen LogP contribution in [0.25, 0.3) is 33.1 Å². The molecular formula is C87H84F3N9O9. The van der Waals surface area contributed by atoms with E-state index in [1.54, 1.807) is 72.0 Å². The van der Waals surface area contributed by atoms with Gasteiger partial charge in [0.1, 0.15) is 17.5 Å². The molecule has 15 rings (SSSR count). The highest BCUT2D eigenvalue weighted by atomic mass is 19.1. The SMILES string of the molecule is Cc1ccc(C(=O)N2CCc3ccc(C(CC(=O)O)c4cc5ncn(C)c5cc4F)cc3C2)cc1C.Cc1ccc(C(=O)N2CCc3ccc([C@@H](CC(=O)O)c4cc5ncn(C)c5cc4F)cc3C2)cc1C.Cc1ccc(C(=O)N2CCc3ccc([C@H](CC(=O)O)c4cc5ncn(C)c5cc4F)cc3C2)cc1C. The largest absolute Gasteiger partial charge is 0.481 e. The number of aryl methyl sites for hydroxylation is 9. The molecule has 0 aliphatic carbocycles. The maximum atomic E-state index is 15.2. The first-order valence-electron chi connectivity index (χ1n) is 36.0. The molecule has 0 bridgehead atoms. The summed E-state index contributed by atoms with van der Waals surface area (Å²) in [5.41, 5.74) is 21.7. The number of aliphatic carboxylic acids is 3. The average molecular weight is 1460 g/mol. The van der Waals surface area contributed by atoms with Gasteiger partial charge in [-0.1, -0.05) is 72.8 Å². The Balaban J connectivity index is 0.000000143. The molecule has 108 heavy (non-hydrogen) atoms. The Morgan fingerprint density at radius 2 is 0.620 bits per heavy atom. The van der Waals surface area contributed by atoms with Gasteiger partial charge in [0, 0.05) is 113 Å². The Hall–Kier alpha value is -12.0. The van der Waals surface area contributed by atoms with Crippen molar-refractivity contribution in [2.45, 2.75) is 117 Å². The van der Waals surface area contributed by atoms with Gasteiger partial charge < -0.3 is 43.7 Å². The minimum atomic E-state index is -1.01. The lowest BCUT2D eigenvalue weighted by atomic mass is 9.85. The molecule has 0 fully saturated rings. The molecule has 12 aromatic rings. The first-order chi connectivity index (χ1) is 51.6. The molecule has 3 aliphatic heterocycles. The minimum Gasteiger partial charge on any atom is -0.481 e. The summed E-state index contributed by atoms with van der Waals surface area (Å²) in [5.74, 6) is -6.50. The van der Waals surface area contributed by atoms with Gasteiger partial charge in [-0.25, -0.2) is 28.1 Å². The van der Waals surface area contributed by atoms with Crippen LogP contribution in [-0.4, -0.2) is 114 Å². The van der Waals surface area contributed by atoms with Crippen LogP contribution >= 0.6 is 0 Å².